The van der Waals surface area contributed by atoms with Crippen molar-refractivity contribution in [1.82, 2.24) is 10.2 Å². The number of esters is 1. The molecule has 5 heteroatoms. The monoisotopic (exact) mass is 256 g/mol. The molecule has 0 aliphatic carbocycles. The van der Waals surface area contributed by atoms with Crippen LogP contribution in [0.3, 0.4) is 0 Å². The van der Waals surface area contributed by atoms with Crippen molar-refractivity contribution in [3.8, 4) is 0 Å². The van der Waals surface area contributed by atoms with Crippen LogP contribution >= 0.6 is 0 Å². The summed E-state index contributed by atoms with van der Waals surface area (Å²) in [4.78, 5) is 24.9. The lowest BCUT2D eigenvalue weighted by molar-refractivity contribution is -0.143. The highest BCUT2D eigenvalue weighted by molar-refractivity contribution is 5.78. The van der Waals surface area contributed by atoms with Gasteiger partial charge in [0.25, 0.3) is 0 Å². The molecule has 5 nitrogen and oxygen atoms in total. The molecule has 0 aromatic heterocycles. The fourth-order valence-electron chi connectivity index (χ4n) is 2.19. The molecule has 1 fully saturated rings. The summed E-state index contributed by atoms with van der Waals surface area (Å²) in [7, 11) is 0. The Hall–Kier alpha value is -1.10. The average molecular weight is 256 g/mol. The van der Waals surface area contributed by atoms with E-state index in [0.29, 0.717) is 32.2 Å². The summed E-state index contributed by atoms with van der Waals surface area (Å²) in [5.74, 6) is -0.0881. The zero-order chi connectivity index (χ0) is 13.4. The molecule has 1 aliphatic heterocycles. The number of hydrogen-bond acceptors (Lipinski definition) is 4. The maximum atomic E-state index is 11.9. The van der Waals surface area contributed by atoms with E-state index in [2.05, 4.69) is 12.2 Å². The molecule has 1 rings (SSSR count). The van der Waals surface area contributed by atoms with E-state index in [4.69, 9.17) is 4.74 Å². The lowest BCUT2D eigenvalue weighted by Gasteiger charge is -2.33. The number of ether oxygens (including phenoxy) is 1. The molecule has 1 atom stereocenters. The summed E-state index contributed by atoms with van der Waals surface area (Å²) in [6.45, 7) is 5.95. The molecular weight excluding hydrogens is 232 g/mol. The highest BCUT2D eigenvalue weighted by atomic mass is 16.5. The molecule has 1 N–H and O–H groups in total. The van der Waals surface area contributed by atoms with Crippen LogP contribution in [0.15, 0.2) is 0 Å². The number of hydrogen-bond donors (Lipinski definition) is 1. The largest absolute Gasteiger partial charge is 0.466 e. The van der Waals surface area contributed by atoms with Gasteiger partial charge < -0.3 is 15.0 Å². The highest BCUT2D eigenvalue weighted by Gasteiger charge is 2.22. The maximum Gasteiger partial charge on any atom is 0.307 e. The van der Waals surface area contributed by atoms with E-state index in [0.717, 1.165) is 19.4 Å². The minimum atomic E-state index is -0.219. The van der Waals surface area contributed by atoms with Gasteiger partial charge in [-0.3, -0.25) is 9.59 Å². The second-order valence-corrected chi connectivity index (χ2v) is 4.66. The van der Waals surface area contributed by atoms with E-state index in [1.807, 2.05) is 4.90 Å². The SMILES string of the molecule is CCOC(=O)CCNCC(=O)N1CCCCC1C. The second-order valence-electron chi connectivity index (χ2n) is 4.66. The van der Waals surface area contributed by atoms with Gasteiger partial charge in [0.2, 0.25) is 5.91 Å². The van der Waals surface area contributed by atoms with Gasteiger partial charge in [0, 0.05) is 19.1 Å². The zero-order valence-electron chi connectivity index (χ0n) is 11.4. The molecule has 1 heterocycles. The predicted molar refractivity (Wildman–Crippen MR) is 69.1 cm³/mol. The predicted octanol–water partition coefficient (Wildman–Crippen LogP) is 0.930. The standard InChI is InChI=1S/C13H24N2O3/c1-3-18-13(17)7-8-14-10-12(16)15-9-5-4-6-11(15)2/h11,14H,3-10H2,1-2H3. The second kappa shape index (κ2) is 8.08. The van der Waals surface area contributed by atoms with Gasteiger partial charge in [-0.15, -0.1) is 0 Å². The van der Waals surface area contributed by atoms with Crippen LogP contribution in [0.1, 0.15) is 39.5 Å². The van der Waals surface area contributed by atoms with Gasteiger partial charge in [0.05, 0.1) is 19.6 Å². The van der Waals surface area contributed by atoms with Crippen molar-refractivity contribution in [3.05, 3.63) is 0 Å². The van der Waals surface area contributed by atoms with E-state index in [9.17, 15) is 9.59 Å². The number of nitrogens with one attached hydrogen (secondary N) is 1. The molecule has 1 saturated heterocycles. The summed E-state index contributed by atoms with van der Waals surface area (Å²) in [5, 5.41) is 3.00. The molecule has 0 spiro atoms. The smallest absolute Gasteiger partial charge is 0.307 e. The molecule has 0 bridgehead atoms. The van der Waals surface area contributed by atoms with Gasteiger partial charge in [0.1, 0.15) is 0 Å². The average Bonchev–Trinajstić information content (AvgIpc) is 2.35. The summed E-state index contributed by atoms with van der Waals surface area (Å²) >= 11 is 0. The first-order chi connectivity index (χ1) is 8.65. The number of carbonyl (C=O) groups is 2. The molecule has 104 valence electrons. The molecule has 0 radical (unpaired) electrons. The summed E-state index contributed by atoms with van der Waals surface area (Å²) in [6.07, 6.45) is 3.71. The van der Waals surface area contributed by atoms with Gasteiger partial charge in [-0.25, -0.2) is 0 Å². The van der Waals surface area contributed by atoms with Gasteiger partial charge in [-0.2, -0.15) is 0 Å². The van der Waals surface area contributed by atoms with Gasteiger partial charge in [-0.05, 0) is 33.1 Å². The zero-order valence-corrected chi connectivity index (χ0v) is 11.4. The Morgan fingerprint density at radius 1 is 1.39 bits per heavy atom. The van der Waals surface area contributed by atoms with Gasteiger partial charge in [0.15, 0.2) is 0 Å². The van der Waals surface area contributed by atoms with Crippen LogP contribution in [0, 0.1) is 0 Å². The first-order valence-electron chi connectivity index (χ1n) is 6.81. The molecular formula is C13H24N2O3. The van der Waals surface area contributed by atoms with E-state index < -0.39 is 0 Å². The van der Waals surface area contributed by atoms with Crippen LogP contribution in [0.4, 0.5) is 0 Å². The lowest BCUT2D eigenvalue weighted by Crippen LogP contribution is -2.46. The summed E-state index contributed by atoms with van der Waals surface area (Å²) in [6, 6.07) is 0.345. The lowest BCUT2D eigenvalue weighted by atomic mass is 10.0. The molecule has 0 aromatic rings. The van der Waals surface area contributed by atoms with Crippen LogP contribution in [0.5, 0.6) is 0 Å². The van der Waals surface area contributed by atoms with E-state index >= 15 is 0 Å². The van der Waals surface area contributed by atoms with Crippen molar-refractivity contribution < 1.29 is 14.3 Å². The van der Waals surface area contributed by atoms with Gasteiger partial charge in [-0.1, -0.05) is 0 Å². The van der Waals surface area contributed by atoms with Crippen LogP contribution in [-0.2, 0) is 14.3 Å². The maximum absolute atomic E-state index is 11.9. The van der Waals surface area contributed by atoms with Crippen LogP contribution in [0.25, 0.3) is 0 Å². The number of piperidine rings is 1. The Bertz CT molecular complexity index is 281. The Balaban J connectivity index is 2.14. The van der Waals surface area contributed by atoms with Crippen molar-refractivity contribution in [2.75, 3.05) is 26.2 Å². The third-order valence-corrected chi connectivity index (χ3v) is 3.21. The molecule has 0 aromatic carbocycles. The van der Waals surface area contributed by atoms with Crippen molar-refractivity contribution >= 4 is 11.9 Å². The third kappa shape index (κ3) is 5.04. The van der Waals surface area contributed by atoms with Crippen LogP contribution in [-0.4, -0.2) is 49.1 Å². The van der Waals surface area contributed by atoms with Crippen molar-refractivity contribution in [3.63, 3.8) is 0 Å². The van der Waals surface area contributed by atoms with Crippen molar-refractivity contribution in [1.29, 1.82) is 0 Å². The Morgan fingerprint density at radius 2 is 2.17 bits per heavy atom. The number of likely N-dealkylation sites (tertiary alicyclic amines) is 1. The fraction of sp³-hybridized carbons (Fsp3) is 0.846. The first-order valence-corrected chi connectivity index (χ1v) is 6.81. The quantitative estimate of drug-likeness (QED) is 0.567. The summed E-state index contributed by atoms with van der Waals surface area (Å²) in [5.41, 5.74) is 0. The van der Waals surface area contributed by atoms with Crippen molar-refractivity contribution in [2.45, 2.75) is 45.6 Å². The van der Waals surface area contributed by atoms with Crippen molar-refractivity contribution in [2.24, 2.45) is 0 Å². The molecule has 0 saturated carbocycles. The highest BCUT2D eigenvalue weighted by Crippen LogP contribution is 2.15. The first kappa shape index (κ1) is 15.0. The minimum absolute atomic E-state index is 0.131. The van der Waals surface area contributed by atoms with E-state index in [-0.39, 0.29) is 11.9 Å². The Labute approximate surface area is 109 Å². The number of rotatable bonds is 6. The van der Waals surface area contributed by atoms with Crippen LogP contribution < -0.4 is 5.32 Å². The topological polar surface area (TPSA) is 58.6 Å². The number of carbonyl (C=O) groups excluding carboxylic acids is 2. The number of amides is 1. The minimum Gasteiger partial charge on any atom is -0.466 e. The Morgan fingerprint density at radius 3 is 2.83 bits per heavy atom. The molecule has 1 unspecified atom stereocenters. The van der Waals surface area contributed by atoms with Gasteiger partial charge >= 0.3 is 5.97 Å². The fourth-order valence-corrected chi connectivity index (χ4v) is 2.19. The van der Waals surface area contributed by atoms with E-state index in [1.54, 1.807) is 6.92 Å². The summed E-state index contributed by atoms with van der Waals surface area (Å²) < 4.78 is 4.81. The Kier molecular flexibility index (Phi) is 6.72. The molecule has 1 aliphatic rings. The third-order valence-electron chi connectivity index (χ3n) is 3.21. The van der Waals surface area contributed by atoms with Crippen LogP contribution in [0.2, 0.25) is 0 Å². The number of nitrogens with zero attached hydrogens (tertiary/aromatic N) is 1. The molecule has 1 amide bonds. The normalized spacial score (nSPS) is 19.7. The molecule has 18 heavy (non-hydrogen) atoms. The van der Waals surface area contributed by atoms with E-state index in [1.165, 1.54) is 6.42 Å².